The normalized spacial score (nSPS) is 28.4. The second-order valence-corrected chi connectivity index (χ2v) is 6.36. The first-order chi connectivity index (χ1) is 8.65. The molecule has 2 atom stereocenters. The smallest absolute Gasteiger partial charge is 0.0515 e. The zero-order chi connectivity index (χ0) is 12.7. The van der Waals surface area contributed by atoms with Gasteiger partial charge in [0.15, 0.2) is 0 Å². The van der Waals surface area contributed by atoms with Gasteiger partial charge in [0.1, 0.15) is 0 Å². The van der Waals surface area contributed by atoms with Gasteiger partial charge in [0.2, 0.25) is 0 Å². The summed E-state index contributed by atoms with van der Waals surface area (Å²) in [5, 5.41) is 0. The quantitative estimate of drug-likeness (QED) is 0.810. The topological polar surface area (TPSA) is 32.5 Å². The van der Waals surface area contributed by atoms with E-state index in [1.807, 2.05) is 12.1 Å². The minimum Gasteiger partial charge on any atom is -0.399 e. The van der Waals surface area contributed by atoms with Crippen molar-refractivity contribution >= 4 is 27.3 Å². The van der Waals surface area contributed by atoms with Gasteiger partial charge < -0.3 is 10.6 Å². The van der Waals surface area contributed by atoms with Crippen LogP contribution in [0.2, 0.25) is 0 Å². The molecule has 2 aliphatic rings. The van der Waals surface area contributed by atoms with E-state index in [1.54, 1.807) is 0 Å². The summed E-state index contributed by atoms with van der Waals surface area (Å²) in [4.78, 5) is 5.17. The number of halogens is 1. The van der Waals surface area contributed by atoms with Crippen molar-refractivity contribution in [1.29, 1.82) is 0 Å². The van der Waals surface area contributed by atoms with Crippen molar-refractivity contribution in [3.63, 3.8) is 0 Å². The van der Waals surface area contributed by atoms with Crippen LogP contribution in [0, 0.1) is 0 Å². The molecule has 0 amide bonds. The number of hydrogen-bond acceptors (Lipinski definition) is 3. The van der Waals surface area contributed by atoms with Gasteiger partial charge >= 0.3 is 0 Å². The number of benzene rings is 1. The van der Waals surface area contributed by atoms with Crippen molar-refractivity contribution < 1.29 is 0 Å². The second kappa shape index (κ2) is 4.74. The fourth-order valence-corrected chi connectivity index (χ4v) is 3.90. The van der Waals surface area contributed by atoms with Gasteiger partial charge in [-0.2, -0.15) is 0 Å². The van der Waals surface area contributed by atoms with Gasteiger partial charge in [-0.15, -0.1) is 0 Å². The van der Waals surface area contributed by atoms with Crippen LogP contribution in [0.3, 0.4) is 0 Å². The monoisotopic (exact) mass is 309 g/mol. The lowest BCUT2D eigenvalue weighted by molar-refractivity contribution is 0.203. The molecule has 4 heteroatoms. The number of fused-ring (bicyclic) bond motifs is 1. The van der Waals surface area contributed by atoms with E-state index in [0.29, 0.717) is 6.04 Å². The third kappa shape index (κ3) is 2.12. The zero-order valence-corrected chi connectivity index (χ0v) is 12.4. The number of hydrogen-bond donors (Lipinski definition) is 1. The Balaban J connectivity index is 1.86. The fourth-order valence-electron chi connectivity index (χ4n) is 3.28. The van der Waals surface area contributed by atoms with Crippen LogP contribution in [0.1, 0.15) is 19.8 Å². The van der Waals surface area contributed by atoms with Crippen LogP contribution in [0.25, 0.3) is 0 Å². The fraction of sp³-hybridized carbons (Fsp3) is 0.571. The summed E-state index contributed by atoms with van der Waals surface area (Å²) in [6.07, 6.45) is 2.70. The summed E-state index contributed by atoms with van der Waals surface area (Å²) in [6, 6.07) is 7.45. The van der Waals surface area contributed by atoms with Gasteiger partial charge in [-0.1, -0.05) is 0 Å². The van der Waals surface area contributed by atoms with E-state index in [9.17, 15) is 0 Å². The maximum atomic E-state index is 5.82. The van der Waals surface area contributed by atoms with Gasteiger partial charge in [-0.05, 0) is 60.4 Å². The van der Waals surface area contributed by atoms with Crippen molar-refractivity contribution in [2.45, 2.75) is 31.8 Å². The lowest BCUT2D eigenvalue weighted by Gasteiger charge is -2.44. The molecule has 3 nitrogen and oxygen atoms in total. The van der Waals surface area contributed by atoms with Crippen LogP contribution in [-0.4, -0.2) is 36.6 Å². The third-order valence-corrected chi connectivity index (χ3v) is 4.85. The van der Waals surface area contributed by atoms with Gasteiger partial charge in [-0.3, -0.25) is 4.90 Å². The van der Waals surface area contributed by atoms with Crippen molar-refractivity contribution in [1.82, 2.24) is 4.90 Å². The number of nitrogens with zero attached hydrogens (tertiary/aromatic N) is 2. The van der Waals surface area contributed by atoms with Crippen molar-refractivity contribution in [3.05, 3.63) is 22.7 Å². The number of piperazine rings is 1. The maximum Gasteiger partial charge on any atom is 0.0515 e. The van der Waals surface area contributed by atoms with Crippen LogP contribution in [0.15, 0.2) is 22.7 Å². The molecule has 2 aliphatic heterocycles. The molecule has 1 aromatic rings. The van der Waals surface area contributed by atoms with E-state index < -0.39 is 0 Å². The Bertz CT molecular complexity index is 449. The Morgan fingerprint density at radius 3 is 2.94 bits per heavy atom. The number of nitrogen functional groups attached to an aromatic ring is 1. The van der Waals surface area contributed by atoms with Crippen LogP contribution >= 0.6 is 15.9 Å². The van der Waals surface area contributed by atoms with Gasteiger partial charge in [-0.25, -0.2) is 0 Å². The predicted molar refractivity (Wildman–Crippen MR) is 80.0 cm³/mol. The molecule has 0 radical (unpaired) electrons. The molecule has 0 aromatic heterocycles. The van der Waals surface area contributed by atoms with Crippen LogP contribution < -0.4 is 10.6 Å². The number of anilines is 2. The molecular weight excluding hydrogens is 290 g/mol. The minimum atomic E-state index is 0.569. The highest BCUT2D eigenvalue weighted by Gasteiger charge is 2.34. The lowest BCUT2D eigenvalue weighted by atomic mass is 10.1. The lowest BCUT2D eigenvalue weighted by Crippen LogP contribution is -2.55. The summed E-state index contributed by atoms with van der Waals surface area (Å²) < 4.78 is 1.11. The first-order valence-electron chi connectivity index (χ1n) is 6.71. The van der Waals surface area contributed by atoms with E-state index in [0.717, 1.165) is 22.7 Å². The second-order valence-electron chi connectivity index (χ2n) is 5.50. The van der Waals surface area contributed by atoms with Gasteiger partial charge in [0.25, 0.3) is 0 Å². The molecule has 0 aliphatic carbocycles. The zero-order valence-electron chi connectivity index (χ0n) is 10.8. The Morgan fingerprint density at radius 2 is 2.17 bits per heavy atom. The van der Waals surface area contributed by atoms with Crippen LogP contribution in [0.4, 0.5) is 11.4 Å². The van der Waals surface area contributed by atoms with Gasteiger partial charge in [0.05, 0.1) is 5.69 Å². The first kappa shape index (κ1) is 12.3. The van der Waals surface area contributed by atoms with Crippen LogP contribution in [0.5, 0.6) is 0 Å². The Kier molecular flexibility index (Phi) is 3.24. The molecular formula is C14H20BrN3. The SMILES string of the molecule is CC1CN2CCCC2CN1c1ccc(N)cc1Br. The average Bonchev–Trinajstić information content (AvgIpc) is 2.75. The van der Waals surface area contributed by atoms with Crippen molar-refractivity contribution in [2.24, 2.45) is 0 Å². The van der Waals surface area contributed by atoms with Crippen LogP contribution in [-0.2, 0) is 0 Å². The first-order valence-corrected chi connectivity index (χ1v) is 7.50. The Labute approximate surface area is 117 Å². The highest BCUT2D eigenvalue weighted by molar-refractivity contribution is 9.10. The van der Waals surface area contributed by atoms with Gasteiger partial charge in [0, 0.05) is 35.3 Å². The van der Waals surface area contributed by atoms with Crippen molar-refractivity contribution in [3.8, 4) is 0 Å². The molecule has 0 bridgehead atoms. The molecule has 98 valence electrons. The molecule has 18 heavy (non-hydrogen) atoms. The minimum absolute atomic E-state index is 0.569. The number of nitrogens with two attached hydrogens (primary N) is 1. The highest BCUT2D eigenvalue weighted by atomic mass is 79.9. The van der Waals surface area contributed by atoms with E-state index in [2.05, 4.69) is 38.7 Å². The molecule has 0 saturated carbocycles. The number of rotatable bonds is 1. The molecule has 0 spiro atoms. The Morgan fingerprint density at radius 1 is 1.33 bits per heavy atom. The average molecular weight is 310 g/mol. The maximum absolute atomic E-state index is 5.82. The predicted octanol–water partition coefficient (Wildman–Crippen LogP) is 2.70. The van der Waals surface area contributed by atoms with E-state index in [-0.39, 0.29) is 0 Å². The van der Waals surface area contributed by atoms with E-state index in [4.69, 9.17) is 5.73 Å². The molecule has 1 aromatic carbocycles. The molecule has 2 saturated heterocycles. The highest BCUT2D eigenvalue weighted by Crippen LogP contribution is 2.34. The summed E-state index contributed by atoms with van der Waals surface area (Å²) in [5.74, 6) is 0. The van der Waals surface area contributed by atoms with Crippen molar-refractivity contribution in [2.75, 3.05) is 30.3 Å². The molecule has 3 rings (SSSR count). The summed E-state index contributed by atoms with van der Waals surface area (Å²) in [6.45, 7) is 5.92. The summed E-state index contributed by atoms with van der Waals surface area (Å²) in [5.41, 5.74) is 7.92. The molecule has 2 heterocycles. The largest absolute Gasteiger partial charge is 0.399 e. The van der Waals surface area contributed by atoms with E-state index in [1.165, 1.54) is 31.6 Å². The van der Waals surface area contributed by atoms with E-state index >= 15 is 0 Å². The molecule has 2 unspecified atom stereocenters. The standard InChI is InChI=1S/C14H20BrN3/c1-10-8-17-6-2-3-12(17)9-18(10)14-5-4-11(16)7-13(14)15/h4-5,7,10,12H,2-3,6,8-9,16H2,1H3. The molecule has 2 N–H and O–H groups in total. The summed E-state index contributed by atoms with van der Waals surface area (Å²) in [7, 11) is 0. The molecule has 2 fully saturated rings. The third-order valence-electron chi connectivity index (χ3n) is 4.22. The Hall–Kier alpha value is -0.740. The summed E-state index contributed by atoms with van der Waals surface area (Å²) >= 11 is 3.65.